The van der Waals surface area contributed by atoms with E-state index in [-0.39, 0.29) is 0 Å². The molecule has 0 fully saturated rings. The largest absolute Gasteiger partial charge is 0.0854 e. The van der Waals surface area contributed by atoms with E-state index in [9.17, 15) is 0 Å². The van der Waals surface area contributed by atoms with E-state index < -0.39 is 0 Å². The summed E-state index contributed by atoms with van der Waals surface area (Å²) in [4.78, 5) is 0. The van der Waals surface area contributed by atoms with Gasteiger partial charge in [0.25, 0.3) is 0 Å². The van der Waals surface area contributed by atoms with E-state index in [1.807, 2.05) is 0 Å². The van der Waals surface area contributed by atoms with Gasteiger partial charge in [-0.25, -0.2) is 0 Å². The molecule has 0 nitrogen and oxygen atoms in total. The molecule has 0 aliphatic heterocycles. The van der Waals surface area contributed by atoms with Crippen LogP contribution in [0.25, 0.3) is 0 Å². The summed E-state index contributed by atoms with van der Waals surface area (Å²) in [6, 6.07) is 0. The predicted molar refractivity (Wildman–Crippen MR) is 129 cm³/mol. The van der Waals surface area contributed by atoms with E-state index in [4.69, 9.17) is 0 Å². The van der Waals surface area contributed by atoms with Crippen molar-refractivity contribution < 1.29 is 0 Å². The van der Waals surface area contributed by atoms with E-state index in [1.54, 1.807) is 16.7 Å². The van der Waals surface area contributed by atoms with Crippen molar-refractivity contribution in [2.45, 2.75) is 100 Å². The maximum atomic E-state index is 2.36. The fourth-order valence-corrected chi connectivity index (χ4v) is 4.47. The molecule has 0 heteroatoms. The van der Waals surface area contributed by atoms with Crippen LogP contribution in [0.15, 0.2) is 47.1 Å². The Hall–Kier alpha value is -1.04. The zero-order valence-electron chi connectivity index (χ0n) is 20.2. The Morgan fingerprint density at radius 3 is 1.21 bits per heavy atom. The number of hydrogen-bond acceptors (Lipinski definition) is 0. The first kappa shape index (κ1) is 25.0. The SMILES string of the molecule is CC1=CC(C)CC1.CC1=CCC(C)C1.CC1=CCC(C)C1.CC1C=CC(C)C1. The zero-order chi connectivity index (χ0) is 21.1. The van der Waals surface area contributed by atoms with E-state index in [1.165, 1.54) is 44.9 Å². The molecule has 0 radical (unpaired) electrons. The average molecular weight is 385 g/mol. The van der Waals surface area contributed by atoms with Gasteiger partial charge in [-0.05, 0) is 95.3 Å². The van der Waals surface area contributed by atoms with Gasteiger partial charge in [0.1, 0.15) is 0 Å². The minimum atomic E-state index is 0.843. The van der Waals surface area contributed by atoms with E-state index >= 15 is 0 Å². The maximum absolute atomic E-state index is 2.36. The predicted octanol–water partition coefficient (Wildman–Crippen LogP) is 9.31. The van der Waals surface area contributed by atoms with Crippen molar-refractivity contribution in [3.8, 4) is 0 Å². The molecule has 4 aliphatic rings. The van der Waals surface area contributed by atoms with E-state index in [2.05, 4.69) is 85.8 Å². The Kier molecular flexibility index (Phi) is 11.8. The minimum Gasteiger partial charge on any atom is -0.0854 e. The lowest BCUT2D eigenvalue weighted by molar-refractivity contribution is 0.591. The van der Waals surface area contributed by atoms with E-state index in [0.29, 0.717) is 0 Å². The normalized spacial score (nSPS) is 32.9. The van der Waals surface area contributed by atoms with Crippen LogP contribution in [0.4, 0.5) is 0 Å². The van der Waals surface area contributed by atoms with Crippen molar-refractivity contribution >= 4 is 0 Å². The van der Waals surface area contributed by atoms with Gasteiger partial charge in [0.05, 0.1) is 0 Å². The van der Waals surface area contributed by atoms with Crippen molar-refractivity contribution in [3.05, 3.63) is 47.1 Å². The first-order chi connectivity index (χ1) is 13.2. The second-order valence-electron chi connectivity index (χ2n) is 10.3. The second-order valence-corrected chi connectivity index (χ2v) is 10.3. The summed E-state index contributed by atoms with van der Waals surface area (Å²) in [5.74, 6) is 4.41. The molecule has 4 rings (SSSR count). The molecule has 0 heterocycles. The Morgan fingerprint density at radius 1 is 0.643 bits per heavy atom. The molecule has 4 aliphatic carbocycles. The zero-order valence-corrected chi connectivity index (χ0v) is 20.2. The van der Waals surface area contributed by atoms with Crippen LogP contribution < -0.4 is 0 Å². The van der Waals surface area contributed by atoms with Crippen molar-refractivity contribution in [1.82, 2.24) is 0 Å². The summed E-state index contributed by atoms with van der Waals surface area (Å²) in [5.41, 5.74) is 4.73. The molecule has 5 unspecified atom stereocenters. The highest BCUT2D eigenvalue weighted by molar-refractivity contribution is 5.07. The summed E-state index contributed by atoms with van der Waals surface area (Å²) in [6.07, 6.45) is 21.0. The lowest BCUT2D eigenvalue weighted by Gasteiger charge is -1.97. The quantitative estimate of drug-likeness (QED) is 0.365. The molecule has 0 saturated heterocycles. The van der Waals surface area contributed by atoms with Crippen molar-refractivity contribution in [2.75, 3.05) is 0 Å². The molecule has 0 saturated carbocycles. The van der Waals surface area contributed by atoms with Crippen molar-refractivity contribution in [3.63, 3.8) is 0 Å². The Balaban J connectivity index is 0.000000187. The third kappa shape index (κ3) is 11.7. The van der Waals surface area contributed by atoms with Crippen LogP contribution in [0.1, 0.15) is 100 Å². The number of allylic oxidation sites excluding steroid dienone is 8. The molecule has 0 N–H and O–H groups in total. The molecular weight excluding hydrogens is 336 g/mol. The summed E-state index contributed by atoms with van der Waals surface area (Å²) >= 11 is 0. The monoisotopic (exact) mass is 384 g/mol. The van der Waals surface area contributed by atoms with Gasteiger partial charge in [-0.15, -0.1) is 0 Å². The molecule has 0 spiro atoms. The highest BCUT2D eigenvalue weighted by Gasteiger charge is 2.09. The average Bonchev–Trinajstić information content (AvgIpc) is 3.37. The van der Waals surface area contributed by atoms with E-state index in [0.717, 1.165) is 29.6 Å². The summed E-state index contributed by atoms with van der Waals surface area (Å²) in [7, 11) is 0. The molecule has 0 bridgehead atoms. The lowest BCUT2D eigenvalue weighted by atomic mass is 10.1. The van der Waals surface area contributed by atoms with Crippen LogP contribution in [-0.2, 0) is 0 Å². The fourth-order valence-electron chi connectivity index (χ4n) is 4.47. The second kappa shape index (κ2) is 13.2. The van der Waals surface area contributed by atoms with Gasteiger partial charge in [-0.3, -0.25) is 0 Å². The van der Waals surface area contributed by atoms with Crippen LogP contribution in [0.3, 0.4) is 0 Å². The Labute approximate surface area is 177 Å². The van der Waals surface area contributed by atoms with Crippen LogP contribution in [0.2, 0.25) is 0 Å². The topological polar surface area (TPSA) is 0 Å². The van der Waals surface area contributed by atoms with Gasteiger partial charge in [0, 0.05) is 0 Å². The summed E-state index contributed by atoms with van der Waals surface area (Å²) < 4.78 is 0. The van der Waals surface area contributed by atoms with Crippen LogP contribution in [-0.4, -0.2) is 0 Å². The van der Waals surface area contributed by atoms with Gasteiger partial charge in [0.15, 0.2) is 0 Å². The van der Waals surface area contributed by atoms with Crippen LogP contribution >= 0.6 is 0 Å². The van der Waals surface area contributed by atoms with Crippen LogP contribution in [0, 0.1) is 29.6 Å². The molecule has 5 atom stereocenters. The van der Waals surface area contributed by atoms with Crippen molar-refractivity contribution in [2.24, 2.45) is 29.6 Å². The standard InChI is InChI=1S/4C7H12/c4*1-6-3-4-7(2)5-6/h5-6H,3-4H2,1-2H3;2*3,7H,4-5H2,1-2H3;3-4,6-7H,5H2,1-2H3. The highest BCUT2D eigenvalue weighted by Crippen LogP contribution is 2.24. The molecule has 0 aromatic carbocycles. The maximum Gasteiger partial charge on any atom is -0.0256 e. The lowest BCUT2D eigenvalue weighted by Crippen LogP contribution is -1.86. The molecule has 28 heavy (non-hydrogen) atoms. The van der Waals surface area contributed by atoms with Gasteiger partial charge in [-0.1, -0.05) is 81.7 Å². The fraction of sp³-hybridized carbons (Fsp3) is 0.714. The van der Waals surface area contributed by atoms with Gasteiger partial charge in [0.2, 0.25) is 0 Å². The molecule has 0 amide bonds. The summed E-state index contributed by atoms with van der Waals surface area (Å²) in [6.45, 7) is 18.0. The first-order valence-electron chi connectivity index (χ1n) is 11.8. The molecule has 0 aromatic rings. The third-order valence-electron chi connectivity index (χ3n) is 6.15. The van der Waals surface area contributed by atoms with Gasteiger partial charge in [-0.2, -0.15) is 0 Å². The Morgan fingerprint density at radius 2 is 1.11 bits per heavy atom. The molecular formula is C28H48. The smallest absolute Gasteiger partial charge is 0.0256 e. The van der Waals surface area contributed by atoms with Crippen molar-refractivity contribution in [1.29, 1.82) is 0 Å². The van der Waals surface area contributed by atoms with Crippen LogP contribution in [0.5, 0.6) is 0 Å². The Bertz CT molecular complexity index is 521. The highest BCUT2D eigenvalue weighted by atomic mass is 14.1. The minimum absolute atomic E-state index is 0.843. The first-order valence-corrected chi connectivity index (χ1v) is 11.8. The molecule has 160 valence electrons. The van der Waals surface area contributed by atoms with Gasteiger partial charge < -0.3 is 0 Å². The summed E-state index contributed by atoms with van der Waals surface area (Å²) in [5, 5.41) is 0. The van der Waals surface area contributed by atoms with Gasteiger partial charge >= 0.3 is 0 Å². The number of rotatable bonds is 0. The third-order valence-corrected chi connectivity index (χ3v) is 6.15. The molecule has 0 aromatic heterocycles. The number of hydrogen-bond donors (Lipinski definition) is 0.